The molecule has 0 aromatic heterocycles. The van der Waals surface area contributed by atoms with Crippen molar-refractivity contribution in [1.29, 1.82) is 0 Å². The molecule has 1 N–H and O–H groups in total. The van der Waals surface area contributed by atoms with Crippen molar-refractivity contribution in [3.63, 3.8) is 0 Å². The van der Waals surface area contributed by atoms with Crippen molar-refractivity contribution >= 4 is 17.5 Å². The van der Waals surface area contributed by atoms with Crippen molar-refractivity contribution in [3.05, 3.63) is 0 Å². The Morgan fingerprint density at radius 1 is 1.36 bits per heavy atom. The van der Waals surface area contributed by atoms with E-state index in [-0.39, 0.29) is 18.4 Å². The van der Waals surface area contributed by atoms with E-state index in [1.165, 1.54) is 19.3 Å². The molecule has 0 aromatic rings. The van der Waals surface area contributed by atoms with E-state index in [9.17, 15) is 4.79 Å². The highest BCUT2D eigenvalue weighted by atomic mass is 35.5. The van der Waals surface area contributed by atoms with Crippen molar-refractivity contribution < 1.29 is 9.90 Å². The maximum Gasteiger partial charge on any atom is 0.237 e. The molecule has 0 spiro atoms. The first kappa shape index (κ1) is 11.8. The minimum atomic E-state index is -0.0485. The fraction of sp³-hybridized carbons (Fsp3) is 0.900. The average molecular weight is 220 g/mol. The fourth-order valence-corrected chi connectivity index (χ4v) is 2.24. The topological polar surface area (TPSA) is 40.5 Å². The monoisotopic (exact) mass is 219 g/mol. The molecule has 0 heterocycles. The molecule has 1 saturated carbocycles. The van der Waals surface area contributed by atoms with Crippen LogP contribution < -0.4 is 0 Å². The fourth-order valence-electron chi connectivity index (χ4n) is 2.09. The Balaban J connectivity index is 2.50. The quantitative estimate of drug-likeness (QED) is 0.726. The average Bonchev–Trinajstić information content (AvgIpc) is 2.26. The number of amides is 1. The van der Waals surface area contributed by atoms with Gasteiger partial charge in [0.2, 0.25) is 5.91 Å². The molecule has 0 bridgehead atoms. The maximum atomic E-state index is 11.5. The molecule has 1 fully saturated rings. The summed E-state index contributed by atoms with van der Waals surface area (Å²) in [7, 11) is 0. The molecule has 82 valence electrons. The van der Waals surface area contributed by atoms with Gasteiger partial charge in [-0.1, -0.05) is 19.3 Å². The normalized spacial score (nSPS) is 18.1. The van der Waals surface area contributed by atoms with Gasteiger partial charge in [0.25, 0.3) is 0 Å². The zero-order valence-corrected chi connectivity index (χ0v) is 9.17. The van der Waals surface area contributed by atoms with Crippen LogP contribution in [-0.2, 0) is 4.79 Å². The predicted molar refractivity (Wildman–Crippen MR) is 56.4 cm³/mol. The molecule has 0 radical (unpaired) electrons. The zero-order valence-electron chi connectivity index (χ0n) is 8.41. The molecule has 0 saturated heterocycles. The summed E-state index contributed by atoms with van der Waals surface area (Å²) in [6, 6.07) is 0.308. The first-order valence-corrected chi connectivity index (χ1v) is 5.79. The highest BCUT2D eigenvalue weighted by Gasteiger charge is 2.23. The third-order valence-electron chi connectivity index (χ3n) is 2.79. The van der Waals surface area contributed by atoms with Gasteiger partial charge in [0.15, 0.2) is 0 Å². The van der Waals surface area contributed by atoms with Crippen LogP contribution in [0.2, 0.25) is 0 Å². The molecule has 1 amide bonds. The van der Waals surface area contributed by atoms with E-state index in [2.05, 4.69) is 0 Å². The van der Waals surface area contributed by atoms with Crippen LogP contribution in [0.25, 0.3) is 0 Å². The number of alkyl halides is 1. The molecule has 1 aliphatic carbocycles. The summed E-state index contributed by atoms with van der Waals surface area (Å²) in [5.74, 6) is -0.0242. The number of carbonyl (C=O) groups is 1. The Hall–Kier alpha value is -0.280. The van der Waals surface area contributed by atoms with Gasteiger partial charge in [-0.3, -0.25) is 4.79 Å². The van der Waals surface area contributed by atoms with Gasteiger partial charge in [0.1, 0.15) is 5.88 Å². The Kier molecular flexibility index (Phi) is 5.26. The zero-order chi connectivity index (χ0) is 10.4. The minimum absolute atomic E-state index is 0.0243. The second-order valence-corrected chi connectivity index (χ2v) is 4.00. The number of aliphatic hydroxyl groups excluding tert-OH is 1. The predicted octanol–water partition coefficient (Wildman–Crippen LogP) is 1.38. The highest BCUT2D eigenvalue weighted by Crippen LogP contribution is 2.22. The van der Waals surface area contributed by atoms with Crippen LogP contribution in [0.4, 0.5) is 0 Å². The third kappa shape index (κ3) is 3.14. The number of aliphatic hydroxyl groups is 1. The van der Waals surface area contributed by atoms with Crippen molar-refractivity contribution in [2.75, 3.05) is 19.0 Å². The molecule has 1 rings (SSSR count). The van der Waals surface area contributed by atoms with Crippen molar-refractivity contribution in [2.24, 2.45) is 0 Å². The van der Waals surface area contributed by atoms with Crippen LogP contribution in [0, 0.1) is 0 Å². The molecule has 0 aliphatic heterocycles. The van der Waals surface area contributed by atoms with Gasteiger partial charge >= 0.3 is 0 Å². The largest absolute Gasteiger partial charge is 0.395 e. The van der Waals surface area contributed by atoms with E-state index in [1.54, 1.807) is 4.90 Å². The number of nitrogens with zero attached hydrogens (tertiary/aromatic N) is 1. The molecule has 0 aromatic carbocycles. The summed E-state index contributed by atoms with van der Waals surface area (Å²) < 4.78 is 0. The van der Waals surface area contributed by atoms with Gasteiger partial charge in [-0.25, -0.2) is 0 Å². The van der Waals surface area contributed by atoms with Crippen LogP contribution in [0.15, 0.2) is 0 Å². The van der Waals surface area contributed by atoms with Gasteiger partial charge in [-0.15, -0.1) is 11.6 Å². The number of carbonyl (C=O) groups excluding carboxylic acids is 1. The summed E-state index contributed by atoms with van der Waals surface area (Å²) in [6.45, 7) is 0.454. The molecule has 1 aliphatic rings. The minimum Gasteiger partial charge on any atom is -0.395 e. The van der Waals surface area contributed by atoms with Gasteiger partial charge in [-0.05, 0) is 12.8 Å². The molecule has 3 nitrogen and oxygen atoms in total. The standard InChI is InChI=1S/C10H18ClNO2/c11-8-10(14)12(6-7-13)9-4-2-1-3-5-9/h9,13H,1-8H2. The molecule has 14 heavy (non-hydrogen) atoms. The lowest BCUT2D eigenvalue weighted by atomic mass is 9.94. The van der Waals surface area contributed by atoms with E-state index in [1.807, 2.05) is 0 Å². The molecule has 4 heteroatoms. The third-order valence-corrected chi connectivity index (χ3v) is 3.02. The van der Waals surface area contributed by atoms with Crippen molar-refractivity contribution in [2.45, 2.75) is 38.1 Å². The lowest BCUT2D eigenvalue weighted by molar-refractivity contribution is -0.132. The van der Waals surface area contributed by atoms with Crippen LogP contribution in [0.1, 0.15) is 32.1 Å². The Labute approximate surface area is 90.0 Å². The SMILES string of the molecule is O=C(CCl)N(CCO)C1CCCCC1. The van der Waals surface area contributed by atoms with Crippen molar-refractivity contribution in [1.82, 2.24) is 4.90 Å². The second-order valence-electron chi connectivity index (χ2n) is 3.74. The summed E-state index contributed by atoms with van der Waals surface area (Å²) in [4.78, 5) is 13.2. The first-order chi connectivity index (χ1) is 6.79. The summed E-state index contributed by atoms with van der Waals surface area (Å²) >= 11 is 5.53. The van der Waals surface area contributed by atoms with Crippen LogP contribution >= 0.6 is 11.6 Å². The van der Waals surface area contributed by atoms with E-state index >= 15 is 0 Å². The molecule has 0 atom stereocenters. The second kappa shape index (κ2) is 6.25. The number of rotatable bonds is 4. The van der Waals surface area contributed by atoms with Crippen LogP contribution in [-0.4, -0.2) is 41.0 Å². The number of hydrogen-bond donors (Lipinski definition) is 1. The van der Waals surface area contributed by atoms with Gasteiger partial charge in [0.05, 0.1) is 6.61 Å². The number of halogens is 1. The molecular weight excluding hydrogens is 202 g/mol. The van der Waals surface area contributed by atoms with E-state index in [4.69, 9.17) is 16.7 Å². The highest BCUT2D eigenvalue weighted by molar-refractivity contribution is 6.27. The van der Waals surface area contributed by atoms with Crippen LogP contribution in [0.3, 0.4) is 0 Å². The Morgan fingerprint density at radius 3 is 2.50 bits per heavy atom. The van der Waals surface area contributed by atoms with Crippen molar-refractivity contribution in [3.8, 4) is 0 Å². The summed E-state index contributed by atoms with van der Waals surface area (Å²) in [5, 5.41) is 8.87. The van der Waals surface area contributed by atoms with Crippen LogP contribution in [0.5, 0.6) is 0 Å². The first-order valence-electron chi connectivity index (χ1n) is 5.26. The van der Waals surface area contributed by atoms with E-state index < -0.39 is 0 Å². The summed E-state index contributed by atoms with van der Waals surface area (Å²) in [6.07, 6.45) is 5.74. The van der Waals surface area contributed by atoms with E-state index in [0.29, 0.717) is 12.6 Å². The Bertz CT molecular complexity index is 181. The number of hydrogen-bond acceptors (Lipinski definition) is 2. The van der Waals surface area contributed by atoms with E-state index in [0.717, 1.165) is 12.8 Å². The van der Waals surface area contributed by atoms with Gasteiger partial charge in [0, 0.05) is 12.6 Å². The Morgan fingerprint density at radius 2 is 2.00 bits per heavy atom. The summed E-state index contributed by atoms with van der Waals surface area (Å²) in [5.41, 5.74) is 0. The smallest absolute Gasteiger partial charge is 0.237 e. The molecular formula is C10H18ClNO2. The lowest BCUT2D eigenvalue weighted by Gasteiger charge is -2.33. The maximum absolute atomic E-state index is 11.5. The molecule has 0 unspecified atom stereocenters. The van der Waals surface area contributed by atoms with Gasteiger partial charge < -0.3 is 10.0 Å². The lowest BCUT2D eigenvalue weighted by Crippen LogP contribution is -2.43. The van der Waals surface area contributed by atoms with Gasteiger partial charge in [-0.2, -0.15) is 0 Å².